The molecule has 0 unspecified atom stereocenters. The number of amides is 2. The molecule has 0 saturated carbocycles. The number of methoxy groups -OCH3 is 1. The zero-order valence-corrected chi connectivity index (χ0v) is 15.8. The highest BCUT2D eigenvalue weighted by Gasteiger charge is 2.22. The zero-order chi connectivity index (χ0) is 18.9. The first-order chi connectivity index (χ1) is 12.5. The number of carbonyl (C=O) groups is 2. The van der Waals surface area contributed by atoms with Crippen molar-refractivity contribution < 1.29 is 14.3 Å². The lowest BCUT2D eigenvalue weighted by atomic mass is 10.0. The fourth-order valence-electron chi connectivity index (χ4n) is 2.37. The van der Waals surface area contributed by atoms with E-state index in [0.29, 0.717) is 24.6 Å². The number of benzene rings is 2. The molecule has 2 N–H and O–H groups in total. The van der Waals surface area contributed by atoms with Gasteiger partial charge in [-0.1, -0.05) is 53.5 Å². The Bertz CT molecular complexity index is 754. The van der Waals surface area contributed by atoms with Gasteiger partial charge in [-0.2, -0.15) is 0 Å². The highest BCUT2D eigenvalue weighted by molar-refractivity contribution is 6.36. The van der Waals surface area contributed by atoms with Crippen LogP contribution in [0.2, 0.25) is 10.0 Å². The van der Waals surface area contributed by atoms with Crippen LogP contribution in [0.5, 0.6) is 0 Å². The first-order valence-electron chi connectivity index (χ1n) is 8.07. The monoisotopic (exact) mass is 394 g/mol. The highest BCUT2D eigenvalue weighted by atomic mass is 35.5. The third-order valence-electron chi connectivity index (χ3n) is 3.69. The van der Waals surface area contributed by atoms with Crippen LogP contribution >= 0.6 is 23.2 Å². The Balaban J connectivity index is 2.14. The van der Waals surface area contributed by atoms with Gasteiger partial charge in [-0.15, -0.1) is 0 Å². The third kappa shape index (κ3) is 6.02. The predicted molar refractivity (Wildman–Crippen MR) is 103 cm³/mol. The standard InChI is InChI=1S/C19H20Cl2N2O3/c1-26-10-9-22-19(25)17(11-13-5-3-2-4-6-13)23-18(24)15-8-7-14(20)12-16(15)21/h2-8,12,17H,9-11H2,1H3,(H,22,25)(H,23,24)/t17-/m1/s1. The van der Waals surface area contributed by atoms with Gasteiger partial charge in [0.25, 0.3) is 5.91 Å². The maximum absolute atomic E-state index is 12.6. The van der Waals surface area contributed by atoms with E-state index in [4.69, 9.17) is 27.9 Å². The zero-order valence-electron chi connectivity index (χ0n) is 14.3. The van der Waals surface area contributed by atoms with Crippen LogP contribution in [0, 0.1) is 0 Å². The molecule has 0 spiro atoms. The van der Waals surface area contributed by atoms with Crippen LogP contribution < -0.4 is 10.6 Å². The van der Waals surface area contributed by atoms with Gasteiger partial charge >= 0.3 is 0 Å². The summed E-state index contributed by atoms with van der Waals surface area (Å²) in [6.45, 7) is 0.749. The predicted octanol–water partition coefficient (Wildman–Crippen LogP) is 3.10. The van der Waals surface area contributed by atoms with E-state index in [1.54, 1.807) is 13.2 Å². The number of ether oxygens (including phenoxy) is 1. The van der Waals surface area contributed by atoms with Gasteiger partial charge in [-0.3, -0.25) is 9.59 Å². The highest BCUT2D eigenvalue weighted by Crippen LogP contribution is 2.21. The Morgan fingerprint density at radius 1 is 1.12 bits per heavy atom. The maximum Gasteiger partial charge on any atom is 0.253 e. The van der Waals surface area contributed by atoms with Crippen molar-refractivity contribution in [1.82, 2.24) is 10.6 Å². The molecule has 0 heterocycles. The van der Waals surface area contributed by atoms with Gasteiger partial charge in [0.05, 0.1) is 17.2 Å². The summed E-state index contributed by atoms with van der Waals surface area (Å²) in [6.07, 6.45) is 0.358. The van der Waals surface area contributed by atoms with Crippen molar-refractivity contribution in [1.29, 1.82) is 0 Å². The second-order valence-electron chi connectivity index (χ2n) is 5.62. The van der Waals surface area contributed by atoms with E-state index < -0.39 is 11.9 Å². The molecule has 0 aliphatic rings. The first kappa shape index (κ1) is 20.2. The van der Waals surface area contributed by atoms with Crippen LogP contribution in [-0.4, -0.2) is 38.1 Å². The van der Waals surface area contributed by atoms with Crippen LogP contribution in [-0.2, 0) is 16.0 Å². The number of hydrogen-bond donors (Lipinski definition) is 2. The molecule has 0 aliphatic carbocycles. The molecular formula is C19H20Cl2N2O3. The third-order valence-corrected chi connectivity index (χ3v) is 4.23. The molecule has 0 saturated heterocycles. The summed E-state index contributed by atoms with van der Waals surface area (Å²) in [4.78, 5) is 25.1. The van der Waals surface area contributed by atoms with Crippen LogP contribution in [0.3, 0.4) is 0 Å². The molecule has 7 heteroatoms. The van der Waals surface area contributed by atoms with Crippen LogP contribution in [0.4, 0.5) is 0 Å². The topological polar surface area (TPSA) is 67.4 Å². The van der Waals surface area contributed by atoms with Crippen molar-refractivity contribution in [3.63, 3.8) is 0 Å². The van der Waals surface area contributed by atoms with Gasteiger partial charge < -0.3 is 15.4 Å². The average Bonchev–Trinajstić information content (AvgIpc) is 2.62. The molecule has 0 bridgehead atoms. The Hall–Kier alpha value is -2.08. The van der Waals surface area contributed by atoms with Gasteiger partial charge in [-0.05, 0) is 23.8 Å². The Morgan fingerprint density at radius 3 is 2.50 bits per heavy atom. The summed E-state index contributed by atoms with van der Waals surface area (Å²) in [6, 6.07) is 13.3. The minimum absolute atomic E-state index is 0.230. The first-order valence-corrected chi connectivity index (χ1v) is 8.83. The van der Waals surface area contributed by atoms with Gasteiger partial charge in [0.2, 0.25) is 5.91 Å². The summed E-state index contributed by atoms with van der Waals surface area (Å²) >= 11 is 12.0. The van der Waals surface area contributed by atoms with Crippen LogP contribution in [0.25, 0.3) is 0 Å². The second kappa shape index (κ2) is 10.2. The van der Waals surface area contributed by atoms with Gasteiger partial charge in [0, 0.05) is 25.1 Å². The molecule has 5 nitrogen and oxygen atoms in total. The van der Waals surface area contributed by atoms with E-state index in [9.17, 15) is 9.59 Å². The number of hydrogen-bond acceptors (Lipinski definition) is 3. The Kier molecular flexibility index (Phi) is 7.91. The molecule has 2 amide bonds. The SMILES string of the molecule is COCCNC(=O)[C@@H](Cc1ccccc1)NC(=O)c1ccc(Cl)cc1Cl. The van der Waals surface area contributed by atoms with E-state index in [1.807, 2.05) is 30.3 Å². The second-order valence-corrected chi connectivity index (χ2v) is 6.47. The molecule has 0 aliphatic heterocycles. The molecule has 0 aromatic heterocycles. The summed E-state index contributed by atoms with van der Waals surface area (Å²) < 4.78 is 4.94. The Morgan fingerprint density at radius 2 is 1.85 bits per heavy atom. The van der Waals surface area contributed by atoms with E-state index in [2.05, 4.69) is 10.6 Å². The molecule has 2 rings (SSSR count). The normalized spacial score (nSPS) is 11.7. The molecule has 138 valence electrons. The average molecular weight is 395 g/mol. The number of carbonyl (C=O) groups excluding carboxylic acids is 2. The minimum Gasteiger partial charge on any atom is -0.383 e. The molecular weight excluding hydrogens is 375 g/mol. The van der Waals surface area contributed by atoms with Gasteiger partial charge in [0.1, 0.15) is 6.04 Å². The molecule has 0 fully saturated rings. The molecule has 2 aromatic rings. The van der Waals surface area contributed by atoms with Gasteiger partial charge in [0.15, 0.2) is 0 Å². The van der Waals surface area contributed by atoms with Crippen molar-refractivity contribution in [3.05, 3.63) is 69.7 Å². The van der Waals surface area contributed by atoms with Crippen molar-refractivity contribution in [2.24, 2.45) is 0 Å². The summed E-state index contributed by atoms with van der Waals surface area (Å²) in [7, 11) is 1.55. The lowest BCUT2D eigenvalue weighted by Gasteiger charge is -2.19. The molecule has 2 aromatic carbocycles. The van der Waals surface area contributed by atoms with Crippen molar-refractivity contribution in [3.8, 4) is 0 Å². The van der Waals surface area contributed by atoms with E-state index in [-0.39, 0.29) is 16.5 Å². The van der Waals surface area contributed by atoms with Crippen molar-refractivity contribution >= 4 is 35.0 Å². The lowest BCUT2D eigenvalue weighted by molar-refractivity contribution is -0.123. The molecule has 0 radical (unpaired) electrons. The fraction of sp³-hybridized carbons (Fsp3) is 0.263. The van der Waals surface area contributed by atoms with E-state index in [1.165, 1.54) is 12.1 Å². The summed E-state index contributed by atoms with van der Waals surface area (Å²) in [5, 5.41) is 6.17. The van der Waals surface area contributed by atoms with Crippen LogP contribution in [0.1, 0.15) is 15.9 Å². The smallest absolute Gasteiger partial charge is 0.253 e. The number of rotatable bonds is 8. The number of nitrogens with one attached hydrogen (secondary N) is 2. The van der Waals surface area contributed by atoms with Crippen LogP contribution in [0.15, 0.2) is 48.5 Å². The minimum atomic E-state index is -0.742. The molecule has 1 atom stereocenters. The summed E-state index contributed by atoms with van der Waals surface area (Å²) in [5.74, 6) is -0.723. The van der Waals surface area contributed by atoms with Crippen molar-refractivity contribution in [2.75, 3.05) is 20.3 Å². The van der Waals surface area contributed by atoms with E-state index >= 15 is 0 Å². The largest absolute Gasteiger partial charge is 0.383 e. The fourth-order valence-corrected chi connectivity index (χ4v) is 2.86. The van der Waals surface area contributed by atoms with Crippen molar-refractivity contribution in [2.45, 2.75) is 12.5 Å². The molecule has 26 heavy (non-hydrogen) atoms. The number of halogens is 2. The lowest BCUT2D eigenvalue weighted by Crippen LogP contribution is -2.48. The Labute approximate surface area is 162 Å². The summed E-state index contributed by atoms with van der Waals surface area (Å²) in [5.41, 5.74) is 1.20. The quantitative estimate of drug-likeness (QED) is 0.675. The maximum atomic E-state index is 12.6. The van der Waals surface area contributed by atoms with E-state index in [0.717, 1.165) is 5.56 Å². The van der Waals surface area contributed by atoms with Gasteiger partial charge in [-0.25, -0.2) is 0 Å².